The Labute approximate surface area is 211 Å². The van der Waals surface area contributed by atoms with Gasteiger partial charge in [0.2, 0.25) is 5.91 Å². The van der Waals surface area contributed by atoms with Crippen LogP contribution in [0.1, 0.15) is 65.7 Å². The number of para-hydroxylation sites is 1. The first-order valence-corrected chi connectivity index (χ1v) is 12.2. The van der Waals surface area contributed by atoms with E-state index in [1.807, 2.05) is 6.92 Å². The number of ether oxygens (including phenoxy) is 1. The first-order valence-electron chi connectivity index (χ1n) is 12.2. The van der Waals surface area contributed by atoms with Crippen molar-refractivity contribution in [3.05, 3.63) is 62.4 Å². The molecule has 2 rings (SSSR count). The molecule has 0 aliphatic heterocycles. The summed E-state index contributed by atoms with van der Waals surface area (Å²) in [6.45, 7) is 12.6. The molecule has 10 heteroatoms. The van der Waals surface area contributed by atoms with Gasteiger partial charge in [0.15, 0.2) is 0 Å². The minimum absolute atomic E-state index is 0.0477. The van der Waals surface area contributed by atoms with Gasteiger partial charge in [0.25, 0.3) is 5.56 Å². The molecule has 2 aromatic rings. The topological polar surface area (TPSA) is 124 Å². The molecular weight excluding hydrogens is 464 g/mol. The summed E-state index contributed by atoms with van der Waals surface area (Å²) in [6.07, 6.45) is 0.107. The van der Waals surface area contributed by atoms with Crippen molar-refractivity contribution in [2.45, 2.75) is 79.8 Å². The van der Waals surface area contributed by atoms with Crippen LogP contribution < -0.4 is 21.3 Å². The number of nitrogens with zero attached hydrogens (tertiary/aromatic N) is 3. The second kappa shape index (κ2) is 13.1. The quantitative estimate of drug-likeness (QED) is 0.339. The zero-order valence-electron chi connectivity index (χ0n) is 22.1. The molecule has 1 unspecified atom stereocenters. The Morgan fingerprint density at radius 3 is 2.39 bits per heavy atom. The van der Waals surface area contributed by atoms with Gasteiger partial charge in [-0.2, -0.15) is 0 Å². The van der Waals surface area contributed by atoms with Crippen LogP contribution in [0.4, 0.5) is 0 Å². The number of benzene rings is 1. The third-order valence-electron chi connectivity index (χ3n) is 5.34. The molecule has 0 aliphatic carbocycles. The van der Waals surface area contributed by atoms with E-state index in [1.54, 1.807) is 65.8 Å². The van der Waals surface area contributed by atoms with Crippen LogP contribution in [0.25, 0.3) is 0 Å². The number of nitrogens with one attached hydrogen (secondary N) is 1. The van der Waals surface area contributed by atoms with E-state index in [0.29, 0.717) is 23.6 Å². The van der Waals surface area contributed by atoms with Crippen molar-refractivity contribution >= 4 is 11.6 Å². The summed E-state index contributed by atoms with van der Waals surface area (Å²) in [5, 5.41) is 17.8. The highest BCUT2D eigenvalue weighted by Crippen LogP contribution is 2.26. The molecule has 36 heavy (non-hydrogen) atoms. The molecule has 10 nitrogen and oxygen atoms in total. The van der Waals surface area contributed by atoms with Crippen molar-refractivity contribution in [3.63, 3.8) is 0 Å². The third-order valence-corrected chi connectivity index (χ3v) is 5.34. The van der Waals surface area contributed by atoms with Gasteiger partial charge in [-0.1, -0.05) is 37.2 Å². The highest BCUT2D eigenvalue weighted by Gasteiger charge is 2.21. The number of hydrogen-bond acceptors (Lipinski definition) is 7. The lowest BCUT2D eigenvalue weighted by atomic mass is 10.1. The van der Waals surface area contributed by atoms with Gasteiger partial charge in [-0.15, -0.1) is 0 Å². The number of aliphatic hydroxyl groups is 1. The zero-order valence-corrected chi connectivity index (χ0v) is 22.1. The summed E-state index contributed by atoms with van der Waals surface area (Å²) in [6, 6.07) is 6.56. The maximum absolute atomic E-state index is 13.4. The molecule has 1 aromatic heterocycles. The minimum Gasteiger partial charge on any atom is -0.493 e. The molecule has 0 saturated carbocycles. The Balaban J connectivity index is 2.54. The zero-order chi connectivity index (χ0) is 27.0. The molecule has 1 amide bonds. The smallest absolute Gasteiger partial charge is 0.331 e. The summed E-state index contributed by atoms with van der Waals surface area (Å²) in [5.41, 5.74) is -0.196. The van der Waals surface area contributed by atoms with Crippen molar-refractivity contribution in [1.29, 1.82) is 0 Å². The van der Waals surface area contributed by atoms with Crippen LogP contribution >= 0.6 is 0 Å². The number of rotatable bonds is 12. The fourth-order valence-electron chi connectivity index (χ4n) is 3.48. The van der Waals surface area contributed by atoms with E-state index < -0.39 is 23.4 Å². The average molecular weight is 503 g/mol. The van der Waals surface area contributed by atoms with Gasteiger partial charge in [0.05, 0.1) is 31.0 Å². The summed E-state index contributed by atoms with van der Waals surface area (Å²) in [7, 11) is 0. The molecule has 2 atom stereocenters. The number of carbonyl (C=O) groups excluding carboxylic acids is 1. The lowest BCUT2D eigenvalue weighted by molar-refractivity contribution is -0.124. The summed E-state index contributed by atoms with van der Waals surface area (Å²) < 4.78 is 7.94. The van der Waals surface area contributed by atoms with Gasteiger partial charge in [0, 0.05) is 23.7 Å². The SMILES string of the molecule is CCOc1ccccc1C(O)Cn1cc(/C(C)=N/OC(C)C)c(=O)n(C[C@H](C)NC(=O)C(C)C)c1=O. The van der Waals surface area contributed by atoms with E-state index in [4.69, 9.17) is 9.57 Å². The van der Waals surface area contributed by atoms with E-state index >= 15 is 0 Å². The van der Waals surface area contributed by atoms with Crippen LogP contribution in [0.2, 0.25) is 0 Å². The van der Waals surface area contributed by atoms with Gasteiger partial charge in [-0.25, -0.2) is 4.79 Å². The second-order valence-electron chi connectivity index (χ2n) is 9.28. The molecule has 1 aromatic carbocycles. The predicted octanol–water partition coefficient (Wildman–Crippen LogP) is 2.45. The molecule has 0 saturated heterocycles. The number of aliphatic hydroxyl groups excluding tert-OH is 1. The first-order chi connectivity index (χ1) is 17.0. The fourth-order valence-corrected chi connectivity index (χ4v) is 3.48. The van der Waals surface area contributed by atoms with Crippen LogP contribution in [0.15, 0.2) is 45.2 Å². The van der Waals surface area contributed by atoms with Gasteiger partial charge >= 0.3 is 5.69 Å². The number of aromatic nitrogens is 2. The van der Waals surface area contributed by atoms with Gasteiger partial charge in [0.1, 0.15) is 18.0 Å². The number of amides is 1. The molecule has 0 radical (unpaired) electrons. The van der Waals surface area contributed by atoms with E-state index in [9.17, 15) is 19.5 Å². The Kier molecular flexibility index (Phi) is 10.5. The maximum atomic E-state index is 13.4. The predicted molar refractivity (Wildman–Crippen MR) is 138 cm³/mol. The lowest BCUT2D eigenvalue weighted by Crippen LogP contribution is -2.48. The Hall–Kier alpha value is -3.40. The van der Waals surface area contributed by atoms with Gasteiger partial charge in [-0.05, 0) is 40.7 Å². The van der Waals surface area contributed by atoms with Gasteiger partial charge < -0.3 is 20.0 Å². The van der Waals surface area contributed by atoms with Crippen LogP contribution in [0.5, 0.6) is 5.75 Å². The molecule has 1 heterocycles. The Morgan fingerprint density at radius 1 is 1.11 bits per heavy atom. The van der Waals surface area contributed by atoms with E-state index in [2.05, 4.69) is 10.5 Å². The highest BCUT2D eigenvalue weighted by atomic mass is 16.6. The van der Waals surface area contributed by atoms with Crippen LogP contribution in [0.3, 0.4) is 0 Å². The molecule has 2 N–H and O–H groups in total. The number of oxime groups is 1. The largest absolute Gasteiger partial charge is 0.493 e. The van der Waals surface area contributed by atoms with Crippen molar-refractivity contribution in [2.75, 3.05) is 6.61 Å². The van der Waals surface area contributed by atoms with E-state index in [1.165, 1.54) is 10.8 Å². The highest BCUT2D eigenvalue weighted by molar-refractivity contribution is 5.97. The van der Waals surface area contributed by atoms with E-state index in [-0.39, 0.29) is 36.6 Å². The summed E-state index contributed by atoms with van der Waals surface area (Å²) in [5.74, 6) is 0.0931. The van der Waals surface area contributed by atoms with Gasteiger partial charge in [-0.3, -0.25) is 18.7 Å². The molecule has 0 aliphatic rings. The van der Waals surface area contributed by atoms with Crippen LogP contribution in [0, 0.1) is 5.92 Å². The normalized spacial score (nSPS) is 13.6. The summed E-state index contributed by atoms with van der Waals surface area (Å²) in [4.78, 5) is 44.1. The van der Waals surface area contributed by atoms with Crippen molar-refractivity contribution in [2.24, 2.45) is 11.1 Å². The van der Waals surface area contributed by atoms with Crippen LogP contribution in [-0.2, 0) is 22.7 Å². The lowest BCUT2D eigenvalue weighted by Gasteiger charge is -2.20. The standard InChI is InChI=1S/C26H38N4O6/c1-8-35-23-12-10-9-11-20(23)22(31)15-29-14-21(19(7)28-36-17(4)5)25(33)30(26(29)34)13-18(6)27-24(32)16(2)3/h9-12,14,16-18,22,31H,8,13,15H2,1-7H3,(H,27,32)/b28-19+/t18-,22?/m0/s1. The summed E-state index contributed by atoms with van der Waals surface area (Å²) >= 11 is 0. The average Bonchev–Trinajstić information content (AvgIpc) is 2.82. The van der Waals surface area contributed by atoms with Crippen molar-refractivity contribution < 1.29 is 19.5 Å². The van der Waals surface area contributed by atoms with E-state index in [0.717, 1.165) is 4.57 Å². The molecular formula is C26H38N4O6. The second-order valence-corrected chi connectivity index (χ2v) is 9.28. The molecule has 0 bridgehead atoms. The van der Waals surface area contributed by atoms with Crippen LogP contribution in [-0.4, -0.2) is 44.6 Å². The fraction of sp³-hybridized carbons (Fsp3) is 0.538. The molecule has 0 fully saturated rings. The number of carbonyl (C=O) groups is 1. The number of hydrogen-bond donors (Lipinski definition) is 2. The molecule has 0 spiro atoms. The monoisotopic (exact) mass is 502 g/mol. The Bertz CT molecular complexity index is 1180. The third kappa shape index (κ3) is 7.55. The Morgan fingerprint density at radius 2 is 1.78 bits per heavy atom. The van der Waals surface area contributed by atoms with Crippen molar-refractivity contribution in [3.8, 4) is 5.75 Å². The maximum Gasteiger partial charge on any atom is 0.331 e. The van der Waals surface area contributed by atoms with Crippen molar-refractivity contribution in [1.82, 2.24) is 14.5 Å². The molecule has 198 valence electrons. The minimum atomic E-state index is -1.08. The first kappa shape index (κ1) is 28.8.